The zero-order valence-electron chi connectivity index (χ0n) is 11.2. The number of thioether (sulfide) groups is 2. The lowest BCUT2D eigenvalue weighted by Gasteiger charge is -2.11. The second kappa shape index (κ2) is 11.3. The minimum Gasteiger partial charge on any atom is -0.320 e. The second-order valence-corrected chi connectivity index (χ2v) is 7.26. The Bertz CT molecular complexity index is 354. The van der Waals surface area contributed by atoms with Gasteiger partial charge in [-0.1, -0.05) is 12.2 Å². The van der Waals surface area contributed by atoms with E-state index in [1.165, 1.54) is 23.5 Å². The average molecular weight is 337 g/mol. The highest BCUT2D eigenvalue weighted by atomic mass is 32.2. The zero-order chi connectivity index (χ0) is 15.5. The third-order valence-corrected chi connectivity index (χ3v) is 5.51. The van der Waals surface area contributed by atoms with Crippen LogP contribution >= 0.6 is 23.5 Å². The van der Waals surface area contributed by atoms with Crippen LogP contribution in [0.25, 0.3) is 0 Å². The fourth-order valence-electron chi connectivity index (χ4n) is 1.07. The quantitative estimate of drug-likeness (QED) is 0.436. The highest BCUT2D eigenvalue weighted by Crippen LogP contribution is 2.07. The van der Waals surface area contributed by atoms with E-state index in [0.717, 1.165) is 0 Å². The van der Waals surface area contributed by atoms with E-state index >= 15 is 0 Å². The standard InChI is InChI=1S/C12H20N2O3S3/c1-3-5-18-7-9(13)11(15)20(17)12(16)10(14)8-19-6-4-2/h3-4,9-10H,1-2,5-8,13-14H2/t9-,10-/m0/s1. The van der Waals surface area contributed by atoms with Crippen LogP contribution in [0.1, 0.15) is 0 Å². The zero-order valence-corrected chi connectivity index (χ0v) is 13.6. The van der Waals surface area contributed by atoms with E-state index in [-0.39, 0.29) is 0 Å². The summed E-state index contributed by atoms with van der Waals surface area (Å²) < 4.78 is 11.8. The Morgan fingerprint density at radius 1 is 1.00 bits per heavy atom. The van der Waals surface area contributed by atoms with Crippen LogP contribution in [0.4, 0.5) is 0 Å². The smallest absolute Gasteiger partial charge is 0.244 e. The minimum atomic E-state index is -2.29. The molecule has 0 aliphatic rings. The van der Waals surface area contributed by atoms with Crippen LogP contribution in [-0.4, -0.2) is 49.5 Å². The third-order valence-electron chi connectivity index (χ3n) is 2.04. The summed E-state index contributed by atoms with van der Waals surface area (Å²) >= 11 is 2.78. The molecule has 0 fully saturated rings. The topological polar surface area (TPSA) is 103 Å². The lowest BCUT2D eigenvalue weighted by molar-refractivity contribution is -0.114. The van der Waals surface area contributed by atoms with E-state index < -0.39 is 33.1 Å². The maximum Gasteiger partial charge on any atom is 0.244 e. The van der Waals surface area contributed by atoms with Crippen molar-refractivity contribution in [1.29, 1.82) is 0 Å². The van der Waals surface area contributed by atoms with E-state index in [9.17, 15) is 13.8 Å². The summed E-state index contributed by atoms with van der Waals surface area (Å²) in [6, 6.07) is -1.87. The molecule has 0 amide bonds. The Hall–Kier alpha value is -0.410. The predicted molar refractivity (Wildman–Crippen MR) is 89.2 cm³/mol. The molecule has 2 atom stereocenters. The molecular formula is C12H20N2O3S3. The van der Waals surface area contributed by atoms with E-state index in [1.54, 1.807) is 12.2 Å². The Morgan fingerprint density at radius 3 is 1.65 bits per heavy atom. The molecule has 5 nitrogen and oxygen atoms in total. The molecule has 0 radical (unpaired) electrons. The molecule has 0 aliphatic heterocycles. The molecule has 0 aromatic rings. The summed E-state index contributed by atoms with van der Waals surface area (Å²) in [6.45, 7) is 7.08. The van der Waals surface area contributed by atoms with Gasteiger partial charge in [0.1, 0.15) is 0 Å². The SMILES string of the molecule is C=CCSC[C@H](N)C(=O)S(=O)C(=O)[C@@H](N)CSCC=C. The van der Waals surface area contributed by atoms with Gasteiger partial charge in [-0.3, -0.25) is 9.59 Å². The van der Waals surface area contributed by atoms with E-state index in [2.05, 4.69) is 13.2 Å². The first kappa shape index (κ1) is 19.6. The molecule has 4 N–H and O–H groups in total. The molecule has 114 valence electrons. The maximum atomic E-state index is 11.8. The molecule has 0 aromatic carbocycles. The van der Waals surface area contributed by atoms with Crippen molar-refractivity contribution >= 4 is 44.6 Å². The monoisotopic (exact) mass is 336 g/mol. The van der Waals surface area contributed by atoms with Gasteiger partial charge in [0.05, 0.1) is 12.1 Å². The Balaban J connectivity index is 4.33. The van der Waals surface area contributed by atoms with Crippen molar-refractivity contribution in [2.45, 2.75) is 12.1 Å². The van der Waals surface area contributed by atoms with Crippen LogP contribution < -0.4 is 11.5 Å². The summed E-state index contributed by atoms with van der Waals surface area (Å²) in [7, 11) is -2.29. The van der Waals surface area contributed by atoms with Gasteiger partial charge in [-0.05, 0) is 0 Å². The molecule has 0 saturated carbocycles. The Kier molecular flexibility index (Phi) is 11.0. The van der Waals surface area contributed by atoms with Gasteiger partial charge >= 0.3 is 0 Å². The van der Waals surface area contributed by atoms with Gasteiger partial charge in [-0.2, -0.15) is 23.5 Å². The van der Waals surface area contributed by atoms with Crippen LogP contribution in [0.15, 0.2) is 25.3 Å². The van der Waals surface area contributed by atoms with Crippen molar-refractivity contribution in [2.75, 3.05) is 23.0 Å². The van der Waals surface area contributed by atoms with Crippen LogP contribution in [0.2, 0.25) is 0 Å². The highest BCUT2D eigenvalue weighted by molar-refractivity contribution is 8.13. The lowest BCUT2D eigenvalue weighted by Crippen LogP contribution is -2.43. The number of rotatable bonds is 10. The summed E-state index contributed by atoms with van der Waals surface area (Å²) in [5.74, 6) is 1.87. The molecule has 20 heavy (non-hydrogen) atoms. The van der Waals surface area contributed by atoms with Gasteiger partial charge < -0.3 is 11.5 Å². The van der Waals surface area contributed by atoms with Crippen LogP contribution in [-0.2, 0) is 20.4 Å². The average Bonchev–Trinajstić information content (AvgIpc) is 2.45. The van der Waals surface area contributed by atoms with E-state index in [0.29, 0.717) is 23.0 Å². The van der Waals surface area contributed by atoms with Crippen molar-refractivity contribution in [3.63, 3.8) is 0 Å². The first-order valence-corrected chi connectivity index (χ1v) is 9.29. The van der Waals surface area contributed by atoms with Crippen molar-refractivity contribution in [3.8, 4) is 0 Å². The summed E-state index contributed by atoms with van der Waals surface area (Å²) in [5, 5.41) is -1.54. The number of carbonyl (C=O) groups excluding carboxylic acids is 2. The number of hydrogen-bond acceptors (Lipinski definition) is 7. The van der Waals surface area contributed by atoms with Crippen LogP contribution in [0.5, 0.6) is 0 Å². The van der Waals surface area contributed by atoms with E-state index in [1.807, 2.05) is 0 Å². The van der Waals surface area contributed by atoms with Crippen molar-refractivity contribution < 1.29 is 13.8 Å². The molecule has 0 unspecified atom stereocenters. The number of hydrogen-bond donors (Lipinski definition) is 2. The van der Waals surface area contributed by atoms with Gasteiger partial charge in [-0.15, -0.1) is 13.2 Å². The Morgan fingerprint density at radius 2 is 1.35 bits per heavy atom. The largest absolute Gasteiger partial charge is 0.320 e. The summed E-state index contributed by atoms with van der Waals surface area (Å²) in [5.41, 5.74) is 11.2. The minimum absolute atomic E-state index is 0.296. The van der Waals surface area contributed by atoms with Crippen molar-refractivity contribution in [3.05, 3.63) is 25.3 Å². The predicted octanol–water partition coefficient (Wildman–Crippen LogP) is 0.281. The molecule has 0 saturated heterocycles. The lowest BCUT2D eigenvalue weighted by atomic mass is 10.4. The molecule has 0 spiro atoms. The molecule has 0 aromatic heterocycles. The van der Waals surface area contributed by atoms with Gasteiger partial charge in [0.2, 0.25) is 10.2 Å². The fraction of sp³-hybridized carbons (Fsp3) is 0.500. The maximum absolute atomic E-state index is 11.8. The number of nitrogens with two attached hydrogens (primary N) is 2. The molecule has 0 aliphatic carbocycles. The molecule has 0 heterocycles. The van der Waals surface area contributed by atoms with Crippen LogP contribution in [0, 0.1) is 0 Å². The molecule has 0 rings (SSSR count). The summed E-state index contributed by atoms with van der Waals surface area (Å²) in [6.07, 6.45) is 3.35. The second-order valence-electron chi connectivity index (χ2n) is 3.77. The van der Waals surface area contributed by atoms with Gasteiger partial charge in [0, 0.05) is 23.0 Å². The first-order valence-electron chi connectivity index (χ1n) is 5.83. The van der Waals surface area contributed by atoms with Gasteiger partial charge in [0.25, 0.3) is 0 Å². The fourth-order valence-corrected chi connectivity index (χ4v) is 3.61. The van der Waals surface area contributed by atoms with Crippen LogP contribution in [0.3, 0.4) is 0 Å². The van der Waals surface area contributed by atoms with Crippen molar-refractivity contribution in [2.24, 2.45) is 11.5 Å². The highest BCUT2D eigenvalue weighted by Gasteiger charge is 2.29. The van der Waals surface area contributed by atoms with E-state index in [4.69, 9.17) is 11.5 Å². The normalized spacial score (nSPS) is 13.8. The number of carbonyl (C=O) groups is 2. The van der Waals surface area contributed by atoms with Gasteiger partial charge in [0.15, 0.2) is 10.8 Å². The Labute approximate surface area is 130 Å². The molecule has 0 bridgehead atoms. The summed E-state index contributed by atoms with van der Waals surface area (Å²) in [4.78, 5) is 23.5. The van der Waals surface area contributed by atoms with Gasteiger partial charge in [-0.25, -0.2) is 4.21 Å². The third kappa shape index (κ3) is 7.39. The molecule has 8 heteroatoms. The molecular weight excluding hydrogens is 316 g/mol. The first-order chi connectivity index (χ1) is 9.45. The van der Waals surface area contributed by atoms with Crippen molar-refractivity contribution in [1.82, 2.24) is 0 Å².